The third-order valence-electron chi connectivity index (χ3n) is 4.99. The van der Waals surface area contributed by atoms with Crippen LogP contribution in [-0.2, 0) is 4.79 Å². The summed E-state index contributed by atoms with van der Waals surface area (Å²) >= 11 is 0. The van der Waals surface area contributed by atoms with Gasteiger partial charge in [-0.15, -0.1) is 0 Å². The molecule has 2 heterocycles. The lowest BCUT2D eigenvalue weighted by molar-refractivity contribution is -0.384. The van der Waals surface area contributed by atoms with Gasteiger partial charge in [0.25, 0.3) is 11.6 Å². The molecule has 3 aromatic rings. The fraction of sp³-hybridized carbons (Fsp3) is 0.200. The summed E-state index contributed by atoms with van der Waals surface area (Å²) in [4.78, 5) is 24.1. The first-order valence-electron chi connectivity index (χ1n) is 9.24. The molecule has 152 valence electrons. The minimum Gasteiger partial charge on any atom is -0.326 e. The molecule has 1 aromatic heterocycles. The quantitative estimate of drug-likeness (QED) is 0.504. The van der Waals surface area contributed by atoms with Crippen LogP contribution in [0.15, 0.2) is 53.7 Å². The van der Waals surface area contributed by atoms with Gasteiger partial charge in [0.1, 0.15) is 6.04 Å². The molecule has 0 saturated carbocycles. The van der Waals surface area contributed by atoms with Gasteiger partial charge in [0, 0.05) is 23.5 Å². The molecule has 1 amide bonds. The van der Waals surface area contributed by atoms with E-state index < -0.39 is 11.0 Å². The fourth-order valence-corrected chi connectivity index (χ4v) is 3.57. The molecular formula is C20H19N7O3. The Morgan fingerprint density at radius 1 is 1.20 bits per heavy atom. The number of nitro groups is 1. The summed E-state index contributed by atoms with van der Waals surface area (Å²) in [5, 5.41) is 28.9. The SMILES string of the molecule is CC1=C(C(=O)Nc2ccc(C)cc2C)C(c2cccc([N+](=O)[O-])c2)n2nnnc2N1. The molecule has 4 rings (SSSR count). The third kappa shape index (κ3) is 3.39. The maximum absolute atomic E-state index is 13.3. The summed E-state index contributed by atoms with van der Waals surface area (Å²) in [6.07, 6.45) is 0. The maximum Gasteiger partial charge on any atom is 0.269 e. The van der Waals surface area contributed by atoms with Crippen LogP contribution in [0.1, 0.15) is 29.7 Å². The largest absolute Gasteiger partial charge is 0.326 e. The van der Waals surface area contributed by atoms with Crippen molar-refractivity contribution in [2.75, 3.05) is 10.6 Å². The molecule has 1 atom stereocenters. The molecule has 0 bridgehead atoms. The highest BCUT2D eigenvalue weighted by molar-refractivity contribution is 6.06. The number of nitro benzene ring substituents is 1. The van der Waals surface area contributed by atoms with Crippen molar-refractivity contribution in [3.63, 3.8) is 0 Å². The summed E-state index contributed by atoms with van der Waals surface area (Å²) in [7, 11) is 0. The highest BCUT2D eigenvalue weighted by Gasteiger charge is 2.34. The Kier molecular flexibility index (Phi) is 4.74. The van der Waals surface area contributed by atoms with Gasteiger partial charge in [-0.2, -0.15) is 4.68 Å². The number of aryl methyl sites for hydroxylation is 2. The van der Waals surface area contributed by atoms with E-state index in [0.29, 0.717) is 28.5 Å². The lowest BCUT2D eigenvalue weighted by Gasteiger charge is -2.28. The number of non-ortho nitro benzene ring substituents is 1. The second-order valence-corrected chi connectivity index (χ2v) is 7.14. The van der Waals surface area contributed by atoms with Crippen LogP contribution in [-0.4, -0.2) is 31.0 Å². The lowest BCUT2D eigenvalue weighted by atomic mass is 9.94. The summed E-state index contributed by atoms with van der Waals surface area (Å²) in [6, 6.07) is 11.1. The van der Waals surface area contributed by atoms with Crippen molar-refractivity contribution in [3.05, 3.63) is 80.5 Å². The first-order valence-corrected chi connectivity index (χ1v) is 9.24. The number of aromatic nitrogens is 4. The first-order chi connectivity index (χ1) is 14.3. The molecule has 10 nitrogen and oxygen atoms in total. The van der Waals surface area contributed by atoms with E-state index >= 15 is 0 Å². The van der Waals surface area contributed by atoms with Gasteiger partial charge in [0.2, 0.25) is 5.95 Å². The summed E-state index contributed by atoms with van der Waals surface area (Å²) in [5.41, 5.74) is 4.10. The number of nitrogens with one attached hydrogen (secondary N) is 2. The van der Waals surface area contributed by atoms with Crippen LogP contribution in [0.25, 0.3) is 0 Å². The Labute approximate surface area is 171 Å². The maximum atomic E-state index is 13.3. The number of allylic oxidation sites excluding steroid dienone is 1. The normalized spacial score (nSPS) is 15.4. The van der Waals surface area contributed by atoms with E-state index in [-0.39, 0.29) is 11.6 Å². The van der Waals surface area contributed by atoms with Gasteiger partial charge < -0.3 is 10.6 Å². The van der Waals surface area contributed by atoms with E-state index in [1.807, 2.05) is 32.0 Å². The predicted molar refractivity (Wildman–Crippen MR) is 110 cm³/mol. The van der Waals surface area contributed by atoms with Crippen LogP contribution in [0.5, 0.6) is 0 Å². The van der Waals surface area contributed by atoms with Crippen molar-refractivity contribution in [1.29, 1.82) is 0 Å². The van der Waals surface area contributed by atoms with E-state index in [1.54, 1.807) is 19.1 Å². The Hall–Kier alpha value is -4.08. The lowest BCUT2D eigenvalue weighted by Crippen LogP contribution is -2.31. The number of carbonyl (C=O) groups excluding carboxylic acids is 1. The second-order valence-electron chi connectivity index (χ2n) is 7.14. The number of benzene rings is 2. The minimum atomic E-state index is -0.720. The van der Waals surface area contributed by atoms with Crippen molar-refractivity contribution in [1.82, 2.24) is 20.2 Å². The highest BCUT2D eigenvalue weighted by Crippen LogP contribution is 2.36. The standard InChI is InChI=1S/C20H19N7O3/c1-11-7-8-16(12(2)9-11)22-19(28)17-13(3)21-20-23-24-25-26(20)18(17)14-5-4-6-15(10-14)27(29)30/h4-10,18H,1-3H3,(H,22,28)(H,21,23,25). The Morgan fingerprint density at radius 3 is 2.73 bits per heavy atom. The molecule has 1 aliphatic heterocycles. The zero-order valence-corrected chi connectivity index (χ0v) is 16.6. The van der Waals surface area contributed by atoms with Gasteiger partial charge in [-0.1, -0.05) is 34.9 Å². The zero-order chi connectivity index (χ0) is 21.4. The number of amides is 1. The van der Waals surface area contributed by atoms with Crippen LogP contribution >= 0.6 is 0 Å². The molecule has 0 fully saturated rings. The van der Waals surface area contributed by atoms with Crippen LogP contribution < -0.4 is 10.6 Å². The fourth-order valence-electron chi connectivity index (χ4n) is 3.57. The Morgan fingerprint density at radius 2 is 2.00 bits per heavy atom. The van der Waals surface area contributed by atoms with Crippen LogP contribution in [0.3, 0.4) is 0 Å². The number of hydrogen-bond donors (Lipinski definition) is 2. The van der Waals surface area contributed by atoms with Gasteiger partial charge >= 0.3 is 0 Å². The van der Waals surface area contributed by atoms with Crippen molar-refractivity contribution in [2.24, 2.45) is 0 Å². The number of tetrazole rings is 1. The van der Waals surface area contributed by atoms with E-state index in [0.717, 1.165) is 11.1 Å². The highest BCUT2D eigenvalue weighted by atomic mass is 16.6. The molecule has 0 saturated heterocycles. The third-order valence-corrected chi connectivity index (χ3v) is 4.99. The first kappa shape index (κ1) is 19.2. The molecule has 2 N–H and O–H groups in total. The topological polar surface area (TPSA) is 128 Å². The van der Waals surface area contributed by atoms with Gasteiger partial charge in [-0.3, -0.25) is 14.9 Å². The zero-order valence-electron chi connectivity index (χ0n) is 16.6. The van der Waals surface area contributed by atoms with Crippen molar-refractivity contribution >= 4 is 23.2 Å². The number of rotatable bonds is 4. The monoisotopic (exact) mass is 405 g/mol. The average Bonchev–Trinajstić information content (AvgIpc) is 3.17. The second kappa shape index (κ2) is 7.39. The number of fused-ring (bicyclic) bond motifs is 1. The Balaban J connectivity index is 1.79. The van der Waals surface area contributed by atoms with Crippen molar-refractivity contribution in [3.8, 4) is 0 Å². The Bertz CT molecular complexity index is 1200. The molecule has 10 heteroatoms. The molecule has 0 aliphatic carbocycles. The number of nitrogens with zero attached hydrogens (tertiary/aromatic N) is 5. The number of carbonyl (C=O) groups is 1. The molecule has 0 spiro atoms. The average molecular weight is 405 g/mol. The minimum absolute atomic E-state index is 0.0764. The molecule has 30 heavy (non-hydrogen) atoms. The van der Waals surface area contributed by atoms with Crippen molar-refractivity contribution in [2.45, 2.75) is 26.8 Å². The summed E-state index contributed by atoms with van der Waals surface area (Å²) in [6.45, 7) is 5.65. The van der Waals surface area contributed by atoms with E-state index in [4.69, 9.17) is 0 Å². The number of anilines is 2. The van der Waals surface area contributed by atoms with Gasteiger partial charge in [-0.25, -0.2) is 0 Å². The van der Waals surface area contributed by atoms with Gasteiger partial charge in [0.05, 0.1) is 10.5 Å². The number of hydrogen-bond acceptors (Lipinski definition) is 7. The summed E-state index contributed by atoms with van der Waals surface area (Å²) in [5.74, 6) is 0.0108. The molecule has 1 unspecified atom stereocenters. The van der Waals surface area contributed by atoms with Crippen LogP contribution in [0.2, 0.25) is 0 Å². The molecular weight excluding hydrogens is 386 g/mol. The molecule has 0 radical (unpaired) electrons. The molecule has 2 aromatic carbocycles. The van der Waals surface area contributed by atoms with Crippen LogP contribution in [0.4, 0.5) is 17.3 Å². The van der Waals surface area contributed by atoms with Crippen LogP contribution in [0, 0.1) is 24.0 Å². The van der Waals surface area contributed by atoms with E-state index in [9.17, 15) is 14.9 Å². The predicted octanol–water partition coefficient (Wildman–Crippen LogP) is 3.13. The summed E-state index contributed by atoms with van der Waals surface area (Å²) < 4.78 is 1.45. The smallest absolute Gasteiger partial charge is 0.269 e. The van der Waals surface area contributed by atoms with E-state index in [2.05, 4.69) is 26.2 Å². The molecule has 1 aliphatic rings. The van der Waals surface area contributed by atoms with Crippen molar-refractivity contribution < 1.29 is 9.72 Å². The van der Waals surface area contributed by atoms with E-state index in [1.165, 1.54) is 16.8 Å². The van der Waals surface area contributed by atoms with Gasteiger partial charge in [-0.05, 0) is 48.4 Å². The van der Waals surface area contributed by atoms with Gasteiger partial charge in [0.15, 0.2) is 0 Å².